The van der Waals surface area contributed by atoms with Gasteiger partial charge in [0.15, 0.2) is 0 Å². The molecule has 25 heavy (non-hydrogen) atoms. The van der Waals surface area contributed by atoms with Gasteiger partial charge in [-0.1, -0.05) is 42.5 Å². The van der Waals surface area contributed by atoms with E-state index in [1.165, 1.54) is 5.39 Å². The van der Waals surface area contributed by atoms with Crippen LogP contribution < -0.4 is 5.32 Å². The summed E-state index contributed by atoms with van der Waals surface area (Å²) < 4.78 is 0. The lowest BCUT2D eigenvalue weighted by Gasteiger charge is -2.12. The summed E-state index contributed by atoms with van der Waals surface area (Å²) in [4.78, 5) is 7.10. The highest BCUT2D eigenvalue weighted by Crippen LogP contribution is 2.32. The molecule has 4 aromatic rings. The number of anilines is 1. The number of nitriles is 1. The topological polar surface area (TPSA) is 64.5 Å². The molecule has 0 atom stereocenters. The molecule has 0 aliphatic rings. The van der Waals surface area contributed by atoms with Gasteiger partial charge in [-0.05, 0) is 34.5 Å². The third kappa shape index (κ3) is 2.96. The number of nitrogens with one attached hydrogen (secondary N) is 2. The molecule has 4 rings (SSSR count). The Balaban J connectivity index is 1.77. The lowest BCUT2D eigenvalue weighted by molar-refractivity contribution is 1.07. The van der Waals surface area contributed by atoms with Crippen LogP contribution in [0, 0.1) is 11.3 Å². The second-order valence-electron chi connectivity index (χ2n) is 5.83. The van der Waals surface area contributed by atoms with E-state index in [9.17, 15) is 5.26 Å². The fourth-order valence-corrected chi connectivity index (χ4v) is 3.01. The fourth-order valence-electron chi connectivity index (χ4n) is 3.01. The summed E-state index contributed by atoms with van der Waals surface area (Å²) >= 11 is 0. The Hall–Kier alpha value is -3.58. The summed E-state index contributed by atoms with van der Waals surface area (Å²) in [5, 5.41) is 15.2. The molecule has 3 aromatic carbocycles. The zero-order valence-corrected chi connectivity index (χ0v) is 13.5. The van der Waals surface area contributed by atoms with Crippen molar-refractivity contribution >= 4 is 16.5 Å². The number of fused-ring (bicyclic) bond motifs is 1. The van der Waals surface area contributed by atoms with E-state index in [-0.39, 0.29) is 0 Å². The fraction of sp³-hybridized carbons (Fsp3) is 0.0476. The predicted molar refractivity (Wildman–Crippen MR) is 100 cm³/mol. The van der Waals surface area contributed by atoms with Gasteiger partial charge in [0.25, 0.3) is 0 Å². The second kappa shape index (κ2) is 6.50. The molecule has 1 aromatic heterocycles. The molecular weight excluding hydrogens is 308 g/mol. The van der Waals surface area contributed by atoms with Crippen LogP contribution >= 0.6 is 0 Å². The van der Waals surface area contributed by atoms with Crippen molar-refractivity contribution in [2.24, 2.45) is 0 Å². The van der Waals surface area contributed by atoms with Gasteiger partial charge >= 0.3 is 0 Å². The van der Waals surface area contributed by atoms with Crippen molar-refractivity contribution in [2.45, 2.75) is 6.54 Å². The Bertz CT molecular complexity index is 1050. The van der Waals surface area contributed by atoms with Crippen LogP contribution in [0.15, 0.2) is 73.2 Å². The Morgan fingerprint density at radius 1 is 1.00 bits per heavy atom. The van der Waals surface area contributed by atoms with Gasteiger partial charge in [-0.3, -0.25) is 0 Å². The molecule has 0 bridgehead atoms. The number of imidazole rings is 1. The van der Waals surface area contributed by atoms with E-state index in [4.69, 9.17) is 0 Å². The molecule has 0 fully saturated rings. The molecule has 0 radical (unpaired) electrons. The summed E-state index contributed by atoms with van der Waals surface area (Å²) in [5.41, 5.74) is 4.66. The Morgan fingerprint density at radius 2 is 1.88 bits per heavy atom. The first-order valence-electron chi connectivity index (χ1n) is 8.08. The van der Waals surface area contributed by atoms with E-state index in [0.29, 0.717) is 12.1 Å². The summed E-state index contributed by atoms with van der Waals surface area (Å²) in [7, 11) is 0. The Kier molecular flexibility index (Phi) is 3.89. The summed E-state index contributed by atoms with van der Waals surface area (Å²) in [6.45, 7) is 0.654. The van der Waals surface area contributed by atoms with Gasteiger partial charge in [0.1, 0.15) is 0 Å². The van der Waals surface area contributed by atoms with Gasteiger partial charge in [-0.25, -0.2) is 4.98 Å². The standard InChI is InChI=1S/C21H16N4/c22-11-16-8-9-17(24-13-18-12-23-14-25-18)10-21(16)20-7-3-5-15-4-1-2-6-19(15)20/h1-10,12,14,24H,13H2,(H,23,25). The van der Waals surface area contributed by atoms with Gasteiger partial charge in [0.05, 0.1) is 30.2 Å². The number of aromatic amines is 1. The minimum absolute atomic E-state index is 0.654. The average molecular weight is 324 g/mol. The lowest BCUT2D eigenvalue weighted by Crippen LogP contribution is -2.00. The van der Waals surface area contributed by atoms with Crippen LogP contribution in [0.2, 0.25) is 0 Å². The van der Waals surface area contributed by atoms with Crippen molar-refractivity contribution in [1.29, 1.82) is 5.26 Å². The molecule has 0 aliphatic heterocycles. The van der Waals surface area contributed by atoms with Crippen molar-refractivity contribution in [1.82, 2.24) is 9.97 Å². The molecule has 4 heteroatoms. The maximum atomic E-state index is 9.54. The highest BCUT2D eigenvalue weighted by atomic mass is 14.9. The van der Waals surface area contributed by atoms with E-state index in [2.05, 4.69) is 45.6 Å². The minimum Gasteiger partial charge on any atom is -0.379 e. The number of H-pyrrole nitrogens is 1. The average Bonchev–Trinajstić information content (AvgIpc) is 3.19. The van der Waals surface area contributed by atoms with E-state index in [1.54, 1.807) is 12.5 Å². The minimum atomic E-state index is 0.654. The van der Waals surface area contributed by atoms with E-state index in [0.717, 1.165) is 27.9 Å². The highest BCUT2D eigenvalue weighted by Gasteiger charge is 2.10. The number of nitrogens with zero attached hydrogens (tertiary/aromatic N) is 2. The molecule has 0 spiro atoms. The predicted octanol–water partition coefficient (Wildman–Crippen LogP) is 4.71. The van der Waals surface area contributed by atoms with E-state index >= 15 is 0 Å². The van der Waals surface area contributed by atoms with Crippen molar-refractivity contribution in [2.75, 3.05) is 5.32 Å². The quantitative estimate of drug-likeness (QED) is 0.571. The number of aromatic nitrogens is 2. The molecule has 0 aliphatic carbocycles. The lowest BCUT2D eigenvalue weighted by atomic mass is 9.94. The molecule has 4 nitrogen and oxygen atoms in total. The molecule has 0 unspecified atom stereocenters. The van der Waals surface area contributed by atoms with Crippen LogP contribution in [0.5, 0.6) is 0 Å². The number of hydrogen-bond acceptors (Lipinski definition) is 3. The first kappa shape index (κ1) is 15.0. The SMILES string of the molecule is N#Cc1ccc(NCc2cnc[nH]2)cc1-c1cccc2ccccc12. The molecule has 0 saturated heterocycles. The van der Waals surface area contributed by atoms with Crippen LogP contribution in [0.4, 0.5) is 5.69 Å². The Morgan fingerprint density at radius 3 is 2.72 bits per heavy atom. The molecule has 0 saturated carbocycles. The summed E-state index contributed by atoms with van der Waals surface area (Å²) in [5.74, 6) is 0. The van der Waals surface area contributed by atoms with Crippen molar-refractivity contribution in [3.8, 4) is 17.2 Å². The zero-order chi connectivity index (χ0) is 17.1. The first-order chi connectivity index (χ1) is 12.3. The van der Waals surface area contributed by atoms with Crippen LogP contribution in [0.3, 0.4) is 0 Å². The van der Waals surface area contributed by atoms with Gasteiger partial charge in [-0.2, -0.15) is 5.26 Å². The molecule has 2 N–H and O–H groups in total. The van der Waals surface area contributed by atoms with E-state index < -0.39 is 0 Å². The van der Waals surface area contributed by atoms with E-state index in [1.807, 2.05) is 36.4 Å². The van der Waals surface area contributed by atoms with Gasteiger partial charge < -0.3 is 10.3 Å². The van der Waals surface area contributed by atoms with Crippen LogP contribution in [-0.2, 0) is 6.54 Å². The highest BCUT2D eigenvalue weighted by molar-refractivity contribution is 5.98. The monoisotopic (exact) mass is 324 g/mol. The molecule has 0 amide bonds. The number of hydrogen-bond donors (Lipinski definition) is 2. The third-order valence-electron chi connectivity index (χ3n) is 4.26. The second-order valence-corrected chi connectivity index (χ2v) is 5.83. The summed E-state index contributed by atoms with van der Waals surface area (Å²) in [6.07, 6.45) is 3.46. The summed E-state index contributed by atoms with van der Waals surface area (Å²) in [6, 6.07) is 22.6. The largest absolute Gasteiger partial charge is 0.379 e. The smallest absolute Gasteiger partial charge is 0.0998 e. The molecular formula is C21H16N4. The third-order valence-corrected chi connectivity index (χ3v) is 4.26. The Labute approximate surface area is 145 Å². The maximum Gasteiger partial charge on any atom is 0.0998 e. The molecule has 1 heterocycles. The number of benzene rings is 3. The van der Waals surface area contributed by atoms with Crippen molar-refractivity contribution in [3.63, 3.8) is 0 Å². The van der Waals surface area contributed by atoms with Crippen molar-refractivity contribution < 1.29 is 0 Å². The van der Waals surface area contributed by atoms with Gasteiger partial charge in [0.2, 0.25) is 0 Å². The number of rotatable bonds is 4. The van der Waals surface area contributed by atoms with Gasteiger partial charge in [0, 0.05) is 17.4 Å². The van der Waals surface area contributed by atoms with Crippen molar-refractivity contribution in [3.05, 3.63) is 84.4 Å². The first-order valence-corrected chi connectivity index (χ1v) is 8.08. The zero-order valence-electron chi connectivity index (χ0n) is 13.5. The normalized spacial score (nSPS) is 10.5. The van der Waals surface area contributed by atoms with Crippen LogP contribution in [0.25, 0.3) is 21.9 Å². The van der Waals surface area contributed by atoms with Crippen LogP contribution in [-0.4, -0.2) is 9.97 Å². The van der Waals surface area contributed by atoms with Crippen LogP contribution in [0.1, 0.15) is 11.3 Å². The van der Waals surface area contributed by atoms with Gasteiger partial charge in [-0.15, -0.1) is 0 Å². The maximum absolute atomic E-state index is 9.54. The molecule has 120 valence electrons.